The van der Waals surface area contributed by atoms with Crippen LogP contribution in [0, 0.1) is 0 Å². The Kier molecular flexibility index (Phi) is 8.68. The van der Waals surface area contributed by atoms with E-state index in [0.29, 0.717) is 12.3 Å². The predicted molar refractivity (Wildman–Crippen MR) is 107 cm³/mol. The molecule has 1 aromatic rings. The van der Waals surface area contributed by atoms with Crippen LogP contribution in [0.3, 0.4) is 0 Å². The lowest BCUT2D eigenvalue weighted by atomic mass is 10.3. The normalized spacial score (nSPS) is 16.7. The number of nitrogens with zero attached hydrogens (tertiary/aromatic N) is 1. The van der Waals surface area contributed by atoms with Gasteiger partial charge in [0.15, 0.2) is 6.10 Å². The second-order valence-electron chi connectivity index (χ2n) is 7.10. The summed E-state index contributed by atoms with van der Waals surface area (Å²) in [7, 11) is -3.57. The number of benzene rings is 1. The quantitative estimate of drug-likeness (QED) is 0.555. The van der Waals surface area contributed by atoms with Crippen molar-refractivity contribution in [2.75, 3.05) is 39.4 Å². The Hall–Kier alpha value is -1.68. The van der Waals surface area contributed by atoms with Gasteiger partial charge in [-0.1, -0.05) is 0 Å². The van der Waals surface area contributed by atoms with Gasteiger partial charge in [-0.25, -0.2) is 13.1 Å². The second kappa shape index (κ2) is 10.8. The van der Waals surface area contributed by atoms with E-state index in [-0.39, 0.29) is 16.8 Å². The number of carbonyl (C=O) groups is 1. The number of rotatable bonds is 10. The van der Waals surface area contributed by atoms with Crippen LogP contribution in [0.4, 0.5) is 0 Å². The van der Waals surface area contributed by atoms with Gasteiger partial charge in [-0.05, 0) is 58.0 Å². The minimum absolute atomic E-state index is 0.0281. The summed E-state index contributed by atoms with van der Waals surface area (Å²) in [6.45, 7) is 9.87. The molecule has 158 valence electrons. The zero-order valence-electron chi connectivity index (χ0n) is 16.8. The summed E-state index contributed by atoms with van der Waals surface area (Å²) in [5.74, 6) is 0.228. The largest absolute Gasteiger partial charge is 0.481 e. The van der Waals surface area contributed by atoms with Gasteiger partial charge in [0.2, 0.25) is 10.0 Å². The van der Waals surface area contributed by atoms with Crippen LogP contribution in [0.1, 0.15) is 27.2 Å². The third-order valence-corrected chi connectivity index (χ3v) is 5.77. The first kappa shape index (κ1) is 22.6. The maximum atomic E-state index is 12.4. The van der Waals surface area contributed by atoms with Crippen LogP contribution in [0.2, 0.25) is 0 Å². The monoisotopic (exact) mass is 413 g/mol. The van der Waals surface area contributed by atoms with Gasteiger partial charge < -0.3 is 14.8 Å². The van der Waals surface area contributed by atoms with Crippen molar-refractivity contribution in [3.63, 3.8) is 0 Å². The minimum Gasteiger partial charge on any atom is -0.481 e. The lowest BCUT2D eigenvalue weighted by Gasteiger charge is -2.26. The van der Waals surface area contributed by atoms with Crippen molar-refractivity contribution in [3.8, 4) is 5.75 Å². The number of amides is 1. The molecule has 1 atom stereocenters. The molecule has 2 rings (SSSR count). The molecule has 9 heteroatoms. The van der Waals surface area contributed by atoms with Crippen molar-refractivity contribution in [3.05, 3.63) is 24.3 Å². The van der Waals surface area contributed by atoms with Crippen LogP contribution in [0.15, 0.2) is 29.2 Å². The zero-order chi connectivity index (χ0) is 20.6. The number of hydrogen-bond acceptors (Lipinski definition) is 6. The van der Waals surface area contributed by atoms with Crippen molar-refractivity contribution in [2.45, 2.75) is 44.2 Å². The first-order valence-electron chi connectivity index (χ1n) is 9.65. The first-order chi connectivity index (χ1) is 13.3. The standard InChI is InChI=1S/C19H31N3O5S/c1-15(2)21-19(23)16(3)27-17-5-7-18(8-6-17)28(24,25)20-9-4-10-22-11-13-26-14-12-22/h5-8,15-16,20H,4,9-14H2,1-3H3,(H,21,23)/t16-/m1/s1. The minimum atomic E-state index is -3.57. The van der Waals surface area contributed by atoms with E-state index in [2.05, 4.69) is 14.9 Å². The van der Waals surface area contributed by atoms with Gasteiger partial charge in [0.25, 0.3) is 5.91 Å². The zero-order valence-corrected chi connectivity index (χ0v) is 17.6. The van der Waals surface area contributed by atoms with E-state index in [0.717, 1.165) is 39.3 Å². The molecular weight excluding hydrogens is 382 g/mol. The predicted octanol–water partition coefficient (Wildman–Crippen LogP) is 0.979. The smallest absolute Gasteiger partial charge is 0.260 e. The lowest BCUT2D eigenvalue weighted by molar-refractivity contribution is -0.127. The molecule has 1 heterocycles. The van der Waals surface area contributed by atoms with E-state index in [1.54, 1.807) is 19.1 Å². The molecule has 1 amide bonds. The number of morpholine rings is 1. The lowest BCUT2D eigenvalue weighted by Crippen LogP contribution is -2.40. The number of ether oxygens (including phenoxy) is 2. The average molecular weight is 414 g/mol. The van der Waals surface area contributed by atoms with Gasteiger partial charge in [0.1, 0.15) is 5.75 Å². The van der Waals surface area contributed by atoms with Crippen molar-refractivity contribution in [1.29, 1.82) is 0 Å². The maximum Gasteiger partial charge on any atom is 0.260 e. The van der Waals surface area contributed by atoms with Gasteiger partial charge in [0, 0.05) is 25.7 Å². The Morgan fingerprint density at radius 2 is 1.82 bits per heavy atom. The number of hydrogen-bond donors (Lipinski definition) is 2. The Bertz CT molecular complexity index is 716. The molecule has 1 aliphatic heterocycles. The summed E-state index contributed by atoms with van der Waals surface area (Å²) < 4.78 is 38.3. The molecule has 1 aromatic carbocycles. The molecule has 28 heavy (non-hydrogen) atoms. The van der Waals surface area contributed by atoms with Crippen LogP contribution in [-0.2, 0) is 19.6 Å². The Balaban J connectivity index is 1.80. The van der Waals surface area contributed by atoms with Crippen LogP contribution in [0.5, 0.6) is 5.75 Å². The van der Waals surface area contributed by atoms with Crippen molar-refractivity contribution >= 4 is 15.9 Å². The van der Waals surface area contributed by atoms with Gasteiger partial charge >= 0.3 is 0 Å². The SMILES string of the molecule is CC(C)NC(=O)[C@@H](C)Oc1ccc(S(=O)(=O)NCCCN2CCOCC2)cc1. The molecule has 1 aliphatic rings. The fourth-order valence-electron chi connectivity index (χ4n) is 2.77. The molecule has 1 fully saturated rings. The van der Waals surface area contributed by atoms with Crippen LogP contribution in [-0.4, -0.2) is 70.8 Å². The highest BCUT2D eigenvalue weighted by atomic mass is 32.2. The Morgan fingerprint density at radius 1 is 1.18 bits per heavy atom. The fraction of sp³-hybridized carbons (Fsp3) is 0.632. The molecule has 2 N–H and O–H groups in total. The summed E-state index contributed by atoms with van der Waals surface area (Å²) in [6, 6.07) is 6.10. The molecule has 0 radical (unpaired) electrons. The third-order valence-electron chi connectivity index (χ3n) is 4.29. The van der Waals surface area contributed by atoms with Crippen molar-refractivity contribution in [2.24, 2.45) is 0 Å². The summed E-state index contributed by atoms with van der Waals surface area (Å²) in [6.07, 6.45) is 0.0753. The molecule has 1 saturated heterocycles. The van der Waals surface area contributed by atoms with Gasteiger partial charge in [-0.3, -0.25) is 9.69 Å². The van der Waals surface area contributed by atoms with E-state index in [1.165, 1.54) is 12.1 Å². The molecular formula is C19H31N3O5S. The summed E-state index contributed by atoms with van der Waals surface area (Å²) >= 11 is 0. The van der Waals surface area contributed by atoms with Gasteiger partial charge in [0.05, 0.1) is 18.1 Å². The topological polar surface area (TPSA) is 97.0 Å². The van der Waals surface area contributed by atoms with E-state index >= 15 is 0 Å². The second-order valence-corrected chi connectivity index (χ2v) is 8.87. The summed E-state index contributed by atoms with van der Waals surface area (Å²) in [5, 5.41) is 2.77. The van der Waals surface area contributed by atoms with Crippen molar-refractivity contribution in [1.82, 2.24) is 14.9 Å². The molecule has 0 aliphatic carbocycles. The van der Waals surface area contributed by atoms with E-state index in [1.807, 2.05) is 13.8 Å². The van der Waals surface area contributed by atoms with Gasteiger partial charge in [-0.15, -0.1) is 0 Å². The van der Waals surface area contributed by atoms with Crippen LogP contribution in [0.25, 0.3) is 0 Å². The Morgan fingerprint density at radius 3 is 2.43 bits per heavy atom. The highest BCUT2D eigenvalue weighted by Gasteiger charge is 2.17. The Labute approximate surface area is 167 Å². The summed E-state index contributed by atoms with van der Waals surface area (Å²) in [5.41, 5.74) is 0. The van der Waals surface area contributed by atoms with E-state index in [4.69, 9.17) is 9.47 Å². The number of nitrogens with one attached hydrogen (secondary N) is 2. The maximum absolute atomic E-state index is 12.4. The van der Waals surface area contributed by atoms with Crippen LogP contribution >= 0.6 is 0 Å². The highest BCUT2D eigenvalue weighted by molar-refractivity contribution is 7.89. The molecule has 0 bridgehead atoms. The van der Waals surface area contributed by atoms with Crippen LogP contribution < -0.4 is 14.8 Å². The molecule has 0 saturated carbocycles. The molecule has 0 unspecified atom stereocenters. The fourth-order valence-corrected chi connectivity index (χ4v) is 3.85. The molecule has 0 spiro atoms. The first-order valence-corrected chi connectivity index (χ1v) is 11.1. The number of sulfonamides is 1. The highest BCUT2D eigenvalue weighted by Crippen LogP contribution is 2.17. The van der Waals surface area contributed by atoms with E-state index in [9.17, 15) is 13.2 Å². The molecule has 8 nitrogen and oxygen atoms in total. The van der Waals surface area contributed by atoms with Crippen molar-refractivity contribution < 1.29 is 22.7 Å². The average Bonchev–Trinajstić information content (AvgIpc) is 2.66. The van der Waals surface area contributed by atoms with E-state index < -0.39 is 16.1 Å². The van der Waals surface area contributed by atoms with Gasteiger partial charge in [-0.2, -0.15) is 0 Å². The summed E-state index contributed by atoms with van der Waals surface area (Å²) in [4.78, 5) is 14.3. The number of carbonyl (C=O) groups excluding carboxylic acids is 1. The third kappa shape index (κ3) is 7.38. The molecule has 0 aromatic heterocycles.